The standard InChI is InChI=1S/C23H20N6O/c1-14-10-11-24-20(14)21-19-22(25-13-26-23(19)29-28-21)27-17-12-16(8-9-18(17)30-2)15-6-4-3-5-7-15/h3-10,12-13H,11H2,1-2H3,(H2,25,26,27,28,29). The summed E-state index contributed by atoms with van der Waals surface area (Å²) in [6, 6.07) is 16.3. The number of methoxy groups -OCH3 is 1. The van der Waals surface area contributed by atoms with Gasteiger partial charge in [0.1, 0.15) is 17.9 Å². The summed E-state index contributed by atoms with van der Waals surface area (Å²) in [5.74, 6) is 1.37. The molecule has 7 heteroatoms. The summed E-state index contributed by atoms with van der Waals surface area (Å²) in [6.45, 7) is 2.72. The molecule has 5 rings (SSSR count). The summed E-state index contributed by atoms with van der Waals surface area (Å²) in [5, 5.41) is 11.7. The number of aliphatic imine (C=N–C) groups is 1. The number of hydrogen-bond donors (Lipinski definition) is 2. The number of fused-ring (bicyclic) bond motifs is 1. The second-order valence-corrected chi connectivity index (χ2v) is 7.00. The highest BCUT2D eigenvalue weighted by Gasteiger charge is 2.20. The average Bonchev–Trinajstić information content (AvgIpc) is 3.40. The monoisotopic (exact) mass is 396 g/mol. The van der Waals surface area contributed by atoms with Crippen LogP contribution in [0.1, 0.15) is 12.6 Å². The fourth-order valence-corrected chi connectivity index (χ4v) is 3.64. The number of benzene rings is 2. The lowest BCUT2D eigenvalue weighted by Gasteiger charge is -2.13. The van der Waals surface area contributed by atoms with Crippen LogP contribution < -0.4 is 10.1 Å². The first kappa shape index (κ1) is 18.1. The van der Waals surface area contributed by atoms with E-state index in [1.165, 1.54) is 6.33 Å². The Labute approximate surface area is 173 Å². The quantitative estimate of drug-likeness (QED) is 0.518. The van der Waals surface area contributed by atoms with Gasteiger partial charge in [-0.3, -0.25) is 10.1 Å². The highest BCUT2D eigenvalue weighted by Crippen LogP contribution is 2.34. The summed E-state index contributed by atoms with van der Waals surface area (Å²) < 4.78 is 5.59. The molecule has 148 valence electrons. The average molecular weight is 396 g/mol. The van der Waals surface area contributed by atoms with Gasteiger partial charge in [0.05, 0.1) is 36.1 Å². The number of nitrogens with one attached hydrogen (secondary N) is 2. The molecule has 1 aliphatic rings. The minimum Gasteiger partial charge on any atom is -0.495 e. The highest BCUT2D eigenvalue weighted by molar-refractivity contribution is 6.20. The van der Waals surface area contributed by atoms with Gasteiger partial charge in [-0.15, -0.1) is 0 Å². The second kappa shape index (κ2) is 7.44. The number of hydrogen-bond acceptors (Lipinski definition) is 6. The highest BCUT2D eigenvalue weighted by atomic mass is 16.5. The first-order valence-electron chi connectivity index (χ1n) is 9.66. The largest absolute Gasteiger partial charge is 0.495 e. The van der Waals surface area contributed by atoms with Gasteiger partial charge < -0.3 is 10.1 Å². The number of allylic oxidation sites excluding steroid dienone is 1. The maximum absolute atomic E-state index is 5.59. The molecule has 1 aliphatic heterocycles. The number of rotatable bonds is 5. The lowest BCUT2D eigenvalue weighted by atomic mass is 10.0. The Hall–Kier alpha value is -4.00. The van der Waals surface area contributed by atoms with Crippen LogP contribution in [-0.2, 0) is 0 Å². The summed E-state index contributed by atoms with van der Waals surface area (Å²) in [7, 11) is 1.66. The molecule has 2 aromatic carbocycles. The molecule has 0 spiro atoms. The third kappa shape index (κ3) is 3.10. The second-order valence-electron chi connectivity index (χ2n) is 7.00. The van der Waals surface area contributed by atoms with Crippen LogP contribution in [0.5, 0.6) is 5.75 Å². The Morgan fingerprint density at radius 2 is 1.90 bits per heavy atom. The van der Waals surface area contributed by atoms with Crippen molar-refractivity contribution in [3.63, 3.8) is 0 Å². The smallest absolute Gasteiger partial charge is 0.186 e. The molecule has 0 unspecified atom stereocenters. The van der Waals surface area contributed by atoms with Crippen molar-refractivity contribution in [2.24, 2.45) is 4.99 Å². The lowest BCUT2D eigenvalue weighted by Crippen LogP contribution is -2.04. The minimum atomic E-state index is 0.586. The number of ether oxygens (including phenoxy) is 1. The molecule has 4 aromatic rings. The molecule has 0 radical (unpaired) electrons. The van der Waals surface area contributed by atoms with E-state index >= 15 is 0 Å². The fourth-order valence-electron chi connectivity index (χ4n) is 3.64. The van der Waals surface area contributed by atoms with Crippen LogP contribution in [0.2, 0.25) is 0 Å². The van der Waals surface area contributed by atoms with E-state index in [9.17, 15) is 0 Å². The van der Waals surface area contributed by atoms with Crippen LogP contribution in [0.3, 0.4) is 0 Å². The van der Waals surface area contributed by atoms with Crippen molar-refractivity contribution in [3.05, 3.63) is 72.2 Å². The molecule has 0 saturated heterocycles. The Bertz CT molecular complexity index is 1290. The summed E-state index contributed by atoms with van der Waals surface area (Å²) in [6.07, 6.45) is 3.59. The maximum Gasteiger partial charge on any atom is 0.186 e. The predicted octanol–water partition coefficient (Wildman–Crippen LogP) is 4.52. The SMILES string of the molecule is COc1ccc(-c2ccccc2)cc1Nc1ncnc2n[nH]c(C3=NCC=C3C)c12. The molecular formula is C23H20N6O. The zero-order valence-corrected chi connectivity index (χ0v) is 16.7. The molecule has 2 N–H and O–H groups in total. The van der Waals surface area contributed by atoms with E-state index in [-0.39, 0.29) is 0 Å². The minimum absolute atomic E-state index is 0.586. The van der Waals surface area contributed by atoms with Crippen molar-refractivity contribution in [3.8, 4) is 16.9 Å². The topological polar surface area (TPSA) is 88.1 Å². The van der Waals surface area contributed by atoms with Crippen LogP contribution in [-0.4, -0.2) is 39.5 Å². The van der Waals surface area contributed by atoms with Crippen LogP contribution in [0, 0.1) is 0 Å². The van der Waals surface area contributed by atoms with Gasteiger partial charge in [0, 0.05) is 0 Å². The number of anilines is 2. The third-order valence-corrected chi connectivity index (χ3v) is 5.17. The van der Waals surface area contributed by atoms with Gasteiger partial charge in [-0.05, 0) is 35.8 Å². The number of nitrogens with zero attached hydrogens (tertiary/aromatic N) is 4. The van der Waals surface area contributed by atoms with Crippen molar-refractivity contribution < 1.29 is 4.74 Å². The summed E-state index contributed by atoms with van der Waals surface area (Å²) in [4.78, 5) is 13.4. The summed E-state index contributed by atoms with van der Waals surface area (Å²) >= 11 is 0. The first-order chi connectivity index (χ1) is 14.7. The normalized spacial score (nSPS) is 13.3. The van der Waals surface area contributed by atoms with Crippen LogP contribution in [0.4, 0.5) is 11.5 Å². The van der Waals surface area contributed by atoms with E-state index in [1.54, 1.807) is 7.11 Å². The van der Waals surface area contributed by atoms with Crippen LogP contribution >= 0.6 is 0 Å². The van der Waals surface area contributed by atoms with Gasteiger partial charge in [0.2, 0.25) is 0 Å². The number of aromatic amines is 1. The fraction of sp³-hybridized carbons (Fsp3) is 0.130. The molecule has 30 heavy (non-hydrogen) atoms. The molecule has 0 amide bonds. The Morgan fingerprint density at radius 1 is 1.03 bits per heavy atom. The van der Waals surface area contributed by atoms with Gasteiger partial charge >= 0.3 is 0 Å². The first-order valence-corrected chi connectivity index (χ1v) is 9.66. The lowest BCUT2D eigenvalue weighted by molar-refractivity contribution is 0.417. The molecule has 2 aromatic heterocycles. The Balaban J connectivity index is 1.61. The van der Waals surface area contributed by atoms with Gasteiger partial charge in [-0.1, -0.05) is 42.5 Å². The summed E-state index contributed by atoms with van der Waals surface area (Å²) in [5.41, 5.74) is 6.42. The molecule has 7 nitrogen and oxygen atoms in total. The van der Waals surface area contributed by atoms with Crippen molar-refractivity contribution >= 4 is 28.3 Å². The predicted molar refractivity (Wildman–Crippen MR) is 119 cm³/mol. The van der Waals surface area contributed by atoms with Gasteiger partial charge in [-0.25, -0.2) is 9.97 Å². The van der Waals surface area contributed by atoms with Crippen LogP contribution in [0.25, 0.3) is 22.2 Å². The maximum atomic E-state index is 5.59. The van der Waals surface area contributed by atoms with Gasteiger partial charge in [0.15, 0.2) is 5.65 Å². The number of H-pyrrole nitrogens is 1. The molecule has 3 heterocycles. The third-order valence-electron chi connectivity index (χ3n) is 5.17. The van der Waals surface area contributed by atoms with Gasteiger partial charge in [-0.2, -0.15) is 5.10 Å². The van der Waals surface area contributed by atoms with Crippen molar-refractivity contribution in [1.29, 1.82) is 0 Å². The van der Waals surface area contributed by atoms with E-state index in [0.29, 0.717) is 18.0 Å². The van der Waals surface area contributed by atoms with E-state index in [2.05, 4.69) is 54.7 Å². The number of aromatic nitrogens is 4. The van der Waals surface area contributed by atoms with E-state index in [0.717, 1.165) is 44.9 Å². The molecular weight excluding hydrogens is 376 g/mol. The Morgan fingerprint density at radius 3 is 2.67 bits per heavy atom. The van der Waals surface area contributed by atoms with Crippen LogP contribution in [0.15, 0.2) is 71.5 Å². The van der Waals surface area contributed by atoms with Crippen molar-refractivity contribution in [2.45, 2.75) is 6.92 Å². The van der Waals surface area contributed by atoms with E-state index < -0.39 is 0 Å². The van der Waals surface area contributed by atoms with E-state index in [1.807, 2.05) is 37.3 Å². The zero-order valence-electron chi connectivity index (χ0n) is 16.7. The van der Waals surface area contributed by atoms with Crippen molar-refractivity contribution in [1.82, 2.24) is 20.2 Å². The molecule has 0 bridgehead atoms. The molecule has 0 saturated carbocycles. The van der Waals surface area contributed by atoms with Gasteiger partial charge in [0.25, 0.3) is 0 Å². The molecule has 0 aliphatic carbocycles. The van der Waals surface area contributed by atoms with Crippen molar-refractivity contribution in [2.75, 3.05) is 19.0 Å². The zero-order chi connectivity index (χ0) is 20.5. The molecule has 0 atom stereocenters. The van der Waals surface area contributed by atoms with E-state index in [4.69, 9.17) is 4.74 Å². The molecule has 0 fully saturated rings. The Kier molecular flexibility index (Phi) is 4.48.